The first-order chi connectivity index (χ1) is 18.6. The highest BCUT2D eigenvalue weighted by Gasteiger charge is 2.48. The molecule has 9 nitrogen and oxygen atoms in total. The normalized spacial score (nSPS) is 16.7. The molecule has 1 fully saturated rings. The van der Waals surface area contributed by atoms with E-state index in [-0.39, 0.29) is 17.3 Å². The maximum absolute atomic E-state index is 13.6. The molecule has 0 aliphatic carbocycles. The van der Waals surface area contributed by atoms with Gasteiger partial charge in [-0.15, -0.1) is 0 Å². The van der Waals surface area contributed by atoms with Gasteiger partial charge in [-0.3, -0.25) is 14.5 Å². The largest absolute Gasteiger partial charge is 0.507 e. The molecule has 0 radical (unpaired) electrons. The van der Waals surface area contributed by atoms with Crippen LogP contribution in [0.15, 0.2) is 60.2 Å². The number of aryl methyl sites for hydroxylation is 2. The number of carbonyl (C=O) groups is 2. The summed E-state index contributed by atoms with van der Waals surface area (Å²) in [5.74, 6) is -0.835. The van der Waals surface area contributed by atoms with E-state index in [2.05, 4.69) is 9.97 Å². The summed E-state index contributed by atoms with van der Waals surface area (Å²) < 4.78 is 10.7. The predicted octanol–water partition coefficient (Wildman–Crippen LogP) is 4.89. The minimum atomic E-state index is -0.919. The lowest BCUT2D eigenvalue weighted by atomic mass is 9.95. The van der Waals surface area contributed by atoms with E-state index in [0.29, 0.717) is 28.1 Å². The predicted molar refractivity (Wildman–Crippen MR) is 151 cm³/mol. The molecule has 200 valence electrons. The molecular weight excluding hydrogens is 496 g/mol. The van der Waals surface area contributed by atoms with Crippen LogP contribution in [0.25, 0.3) is 16.8 Å². The first-order valence-electron chi connectivity index (χ1n) is 12.4. The highest BCUT2D eigenvalue weighted by atomic mass is 16.5. The van der Waals surface area contributed by atoms with Crippen LogP contribution in [0, 0.1) is 13.8 Å². The van der Waals surface area contributed by atoms with Gasteiger partial charge in [-0.1, -0.05) is 12.1 Å². The zero-order chi connectivity index (χ0) is 28.0. The van der Waals surface area contributed by atoms with Crippen LogP contribution in [0.3, 0.4) is 0 Å². The van der Waals surface area contributed by atoms with E-state index in [1.807, 2.05) is 69.2 Å². The van der Waals surface area contributed by atoms with Crippen molar-refractivity contribution in [1.29, 1.82) is 0 Å². The Hall–Kier alpha value is -4.79. The number of methoxy groups -OCH3 is 2. The van der Waals surface area contributed by atoms with Gasteiger partial charge >= 0.3 is 5.91 Å². The molecule has 1 amide bonds. The first-order valence-corrected chi connectivity index (χ1v) is 12.4. The number of imidazole rings is 1. The summed E-state index contributed by atoms with van der Waals surface area (Å²) in [5, 5.41) is 11.5. The van der Waals surface area contributed by atoms with Gasteiger partial charge in [0.15, 0.2) is 11.5 Å². The number of aromatic amines is 1. The molecule has 3 aromatic carbocycles. The molecule has 1 atom stereocenters. The standard InChI is InChI=1S/C30H30N4O5/c1-16-13-21-22(14-17(16)2)32-30(31-21)34-26(18-7-10-20(11-8-18)33(3)4)25(28(36)29(34)37)27(35)19-9-12-23(38-5)24(15-19)39-6/h7-15,26,35H,1-6H3,(H,31,32)/b27-25+. The second-order valence-corrected chi connectivity index (χ2v) is 9.74. The number of aliphatic hydroxyl groups excluding tert-OH is 1. The summed E-state index contributed by atoms with van der Waals surface area (Å²) >= 11 is 0. The van der Waals surface area contributed by atoms with E-state index < -0.39 is 17.7 Å². The molecule has 2 N–H and O–H groups in total. The monoisotopic (exact) mass is 526 g/mol. The lowest BCUT2D eigenvalue weighted by Gasteiger charge is -2.24. The Morgan fingerprint density at radius 2 is 1.62 bits per heavy atom. The van der Waals surface area contributed by atoms with Crippen molar-refractivity contribution >= 4 is 40.1 Å². The number of rotatable bonds is 6. The third-order valence-corrected chi connectivity index (χ3v) is 7.14. The van der Waals surface area contributed by atoms with Crippen molar-refractivity contribution in [3.05, 3.63) is 82.4 Å². The second kappa shape index (κ2) is 9.83. The third kappa shape index (κ3) is 4.35. The molecular formula is C30H30N4O5. The third-order valence-electron chi connectivity index (χ3n) is 7.14. The number of amides is 1. The smallest absolute Gasteiger partial charge is 0.302 e. The molecule has 1 saturated heterocycles. The van der Waals surface area contributed by atoms with Crippen molar-refractivity contribution < 1.29 is 24.2 Å². The van der Waals surface area contributed by atoms with E-state index >= 15 is 0 Å². The minimum absolute atomic E-state index is 0.0439. The zero-order valence-corrected chi connectivity index (χ0v) is 22.7. The van der Waals surface area contributed by atoms with Crippen molar-refractivity contribution in [2.24, 2.45) is 0 Å². The number of aliphatic hydroxyl groups is 1. The lowest BCUT2D eigenvalue weighted by Crippen LogP contribution is -2.30. The van der Waals surface area contributed by atoms with Crippen molar-refractivity contribution in [2.45, 2.75) is 19.9 Å². The number of ether oxygens (including phenoxy) is 2. The van der Waals surface area contributed by atoms with Gasteiger partial charge in [0.2, 0.25) is 5.95 Å². The Morgan fingerprint density at radius 1 is 0.949 bits per heavy atom. The lowest BCUT2D eigenvalue weighted by molar-refractivity contribution is -0.132. The number of carbonyl (C=O) groups excluding carboxylic acids is 2. The fourth-order valence-electron chi connectivity index (χ4n) is 4.83. The summed E-state index contributed by atoms with van der Waals surface area (Å²) in [6.45, 7) is 3.99. The number of aromatic nitrogens is 2. The number of nitrogens with one attached hydrogen (secondary N) is 1. The zero-order valence-electron chi connectivity index (χ0n) is 22.7. The van der Waals surface area contributed by atoms with E-state index in [9.17, 15) is 14.7 Å². The Kier molecular flexibility index (Phi) is 6.51. The second-order valence-electron chi connectivity index (χ2n) is 9.74. The molecule has 1 unspecified atom stereocenters. The molecule has 5 rings (SSSR count). The van der Waals surface area contributed by atoms with Crippen LogP contribution in [0.2, 0.25) is 0 Å². The molecule has 1 aliphatic heterocycles. The van der Waals surface area contributed by atoms with Crippen molar-refractivity contribution in [3.8, 4) is 11.5 Å². The van der Waals surface area contributed by atoms with Crippen molar-refractivity contribution in [1.82, 2.24) is 9.97 Å². The van der Waals surface area contributed by atoms with Gasteiger partial charge in [0.25, 0.3) is 5.78 Å². The van der Waals surface area contributed by atoms with Gasteiger partial charge in [-0.25, -0.2) is 4.98 Å². The quantitative estimate of drug-likeness (QED) is 0.209. The number of fused-ring (bicyclic) bond motifs is 1. The van der Waals surface area contributed by atoms with E-state index in [0.717, 1.165) is 22.3 Å². The fourth-order valence-corrected chi connectivity index (χ4v) is 4.83. The average molecular weight is 527 g/mol. The molecule has 2 heterocycles. The van der Waals surface area contributed by atoms with Crippen LogP contribution in [0.1, 0.15) is 28.3 Å². The fraction of sp³-hybridized carbons (Fsp3) is 0.233. The number of ketones is 1. The number of hydrogen-bond acceptors (Lipinski definition) is 7. The molecule has 4 aromatic rings. The van der Waals surface area contributed by atoms with Crippen LogP contribution in [-0.2, 0) is 9.59 Å². The Morgan fingerprint density at radius 3 is 2.26 bits per heavy atom. The van der Waals surface area contributed by atoms with Crippen molar-refractivity contribution in [2.75, 3.05) is 38.1 Å². The van der Waals surface area contributed by atoms with Crippen LogP contribution in [0.5, 0.6) is 11.5 Å². The number of nitrogens with zero attached hydrogens (tertiary/aromatic N) is 3. The summed E-state index contributed by atoms with van der Waals surface area (Å²) in [6, 6.07) is 15.3. The highest BCUT2D eigenvalue weighted by molar-refractivity contribution is 6.51. The minimum Gasteiger partial charge on any atom is -0.507 e. The molecule has 1 aromatic heterocycles. The maximum Gasteiger partial charge on any atom is 0.302 e. The van der Waals surface area contributed by atoms with Crippen LogP contribution < -0.4 is 19.3 Å². The molecule has 9 heteroatoms. The van der Waals surface area contributed by atoms with Crippen LogP contribution in [0.4, 0.5) is 11.6 Å². The molecule has 1 aliphatic rings. The first kappa shape index (κ1) is 25.8. The van der Waals surface area contributed by atoms with Gasteiger partial charge in [0.1, 0.15) is 5.76 Å². The summed E-state index contributed by atoms with van der Waals surface area (Å²) in [5.41, 5.74) is 5.43. The summed E-state index contributed by atoms with van der Waals surface area (Å²) in [4.78, 5) is 38.3. The van der Waals surface area contributed by atoms with Crippen LogP contribution >= 0.6 is 0 Å². The Labute approximate surface area is 226 Å². The summed E-state index contributed by atoms with van der Waals surface area (Å²) in [7, 11) is 6.85. The van der Waals surface area contributed by atoms with Gasteiger partial charge in [-0.2, -0.15) is 0 Å². The molecule has 0 bridgehead atoms. The Balaban J connectivity index is 1.72. The number of benzene rings is 3. The number of anilines is 2. The number of hydrogen-bond donors (Lipinski definition) is 2. The van der Waals surface area contributed by atoms with E-state index in [4.69, 9.17) is 9.47 Å². The Bertz CT molecular complexity index is 1600. The van der Waals surface area contributed by atoms with Gasteiger partial charge in [0.05, 0.1) is 36.9 Å². The molecule has 0 saturated carbocycles. The highest BCUT2D eigenvalue weighted by Crippen LogP contribution is 2.43. The van der Waals surface area contributed by atoms with Gasteiger partial charge in [-0.05, 0) is 73.0 Å². The van der Waals surface area contributed by atoms with Crippen LogP contribution in [-0.4, -0.2) is 55.1 Å². The van der Waals surface area contributed by atoms with E-state index in [1.165, 1.54) is 19.1 Å². The van der Waals surface area contributed by atoms with E-state index in [1.54, 1.807) is 18.2 Å². The molecule has 39 heavy (non-hydrogen) atoms. The maximum atomic E-state index is 13.6. The SMILES string of the molecule is COc1ccc(/C(O)=C2\C(=O)C(=O)N(c3nc4cc(C)c(C)cc4[nH]3)C2c2ccc(N(C)C)cc2)cc1OC. The average Bonchev–Trinajstić information content (AvgIpc) is 3.45. The van der Waals surface area contributed by atoms with Gasteiger partial charge < -0.3 is 24.5 Å². The topological polar surface area (TPSA) is 108 Å². The number of H-pyrrole nitrogens is 1. The number of Topliss-reactive ketones (excluding diaryl/α,β-unsaturated/α-hetero) is 1. The van der Waals surface area contributed by atoms with Crippen molar-refractivity contribution in [3.63, 3.8) is 0 Å². The molecule has 0 spiro atoms. The van der Waals surface area contributed by atoms with Gasteiger partial charge in [0, 0.05) is 25.3 Å². The summed E-state index contributed by atoms with van der Waals surface area (Å²) in [6.07, 6.45) is 0.